The zero-order valence-corrected chi connectivity index (χ0v) is 18.0. The molecule has 3 aromatic carbocycles. The maximum atomic E-state index is 13.6. The number of aliphatic hydroxyl groups is 1. The number of hydrogen-bond donors (Lipinski definition) is 1. The van der Waals surface area contributed by atoms with E-state index in [2.05, 4.69) is 15.9 Å². The van der Waals surface area contributed by atoms with Crippen molar-refractivity contribution in [2.45, 2.75) is 6.04 Å². The number of anilines is 1. The Labute approximate surface area is 186 Å². The molecule has 0 bridgehead atoms. The number of carbonyl (C=O) groups excluding carboxylic acids is 2. The largest absolute Gasteiger partial charge is 0.507 e. The van der Waals surface area contributed by atoms with Crippen LogP contribution in [0.4, 0.5) is 10.1 Å². The summed E-state index contributed by atoms with van der Waals surface area (Å²) in [6, 6.07) is 18.0. The van der Waals surface area contributed by atoms with Crippen LogP contribution in [-0.2, 0) is 9.59 Å². The van der Waals surface area contributed by atoms with E-state index in [1.165, 1.54) is 36.3 Å². The Morgan fingerprint density at radius 3 is 2.35 bits per heavy atom. The van der Waals surface area contributed by atoms with Crippen LogP contribution in [0.25, 0.3) is 5.76 Å². The smallest absolute Gasteiger partial charge is 0.300 e. The predicted octanol–water partition coefficient (Wildman–Crippen LogP) is 5.22. The molecule has 0 aliphatic carbocycles. The van der Waals surface area contributed by atoms with Crippen molar-refractivity contribution in [3.05, 3.63) is 99.8 Å². The lowest BCUT2D eigenvalue weighted by Crippen LogP contribution is -2.29. The van der Waals surface area contributed by atoms with Crippen LogP contribution in [0.3, 0.4) is 0 Å². The SMILES string of the molecule is COc1cccc(N2C(=O)C(=O)/C(=C(/O)c3ccc(Br)cc3)C2c2ccc(F)cc2)c1. The van der Waals surface area contributed by atoms with Crippen molar-refractivity contribution in [2.75, 3.05) is 12.0 Å². The third kappa shape index (κ3) is 3.84. The van der Waals surface area contributed by atoms with Crippen LogP contribution < -0.4 is 9.64 Å². The molecule has 1 heterocycles. The van der Waals surface area contributed by atoms with Crippen molar-refractivity contribution in [3.8, 4) is 5.75 Å². The van der Waals surface area contributed by atoms with E-state index in [0.717, 1.165) is 4.47 Å². The van der Waals surface area contributed by atoms with Gasteiger partial charge in [-0.3, -0.25) is 14.5 Å². The van der Waals surface area contributed by atoms with Crippen LogP contribution in [0.2, 0.25) is 0 Å². The minimum absolute atomic E-state index is 0.0678. The van der Waals surface area contributed by atoms with Crippen molar-refractivity contribution in [1.29, 1.82) is 0 Å². The van der Waals surface area contributed by atoms with Gasteiger partial charge in [0, 0.05) is 21.8 Å². The quantitative estimate of drug-likeness (QED) is 0.315. The summed E-state index contributed by atoms with van der Waals surface area (Å²) in [6.07, 6.45) is 0. The molecule has 1 aliphatic heterocycles. The Bertz CT molecular complexity index is 1190. The van der Waals surface area contributed by atoms with E-state index < -0.39 is 23.5 Å². The first-order valence-corrected chi connectivity index (χ1v) is 10.2. The zero-order valence-electron chi connectivity index (χ0n) is 16.4. The molecule has 4 rings (SSSR count). The number of carbonyl (C=O) groups is 2. The number of amides is 1. The molecular weight excluding hydrogens is 465 g/mol. The van der Waals surface area contributed by atoms with E-state index in [4.69, 9.17) is 4.74 Å². The van der Waals surface area contributed by atoms with Crippen LogP contribution >= 0.6 is 15.9 Å². The van der Waals surface area contributed by atoms with Crippen LogP contribution in [0.5, 0.6) is 5.75 Å². The topological polar surface area (TPSA) is 66.8 Å². The molecule has 1 aliphatic rings. The standard InChI is InChI=1S/C24H17BrFNO4/c1-31-19-4-2-3-18(13-19)27-21(14-7-11-17(26)12-8-14)20(23(29)24(27)30)22(28)15-5-9-16(25)10-6-15/h2-13,21,28H,1H3/b22-20+. The normalized spacial score (nSPS) is 17.8. The highest BCUT2D eigenvalue weighted by Crippen LogP contribution is 2.42. The van der Waals surface area contributed by atoms with E-state index in [-0.39, 0.29) is 11.3 Å². The van der Waals surface area contributed by atoms with Crippen molar-refractivity contribution in [1.82, 2.24) is 0 Å². The van der Waals surface area contributed by atoms with E-state index in [9.17, 15) is 19.1 Å². The molecule has 0 radical (unpaired) electrons. The second-order valence-electron chi connectivity index (χ2n) is 6.93. The molecule has 3 aromatic rings. The van der Waals surface area contributed by atoms with Gasteiger partial charge in [-0.15, -0.1) is 0 Å². The lowest BCUT2D eigenvalue weighted by molar-refractivity contribution is -0.132. The maximum absolute atomic E-state index is 13.6. The van der Waals surface area contributed by atoms with Gasteiger partial charge in [0.25, 0.3) is 11.7 Å². The lowest BCUT2D eigenvalue weighted by atomic mass is 9.95. The highest BCUT2D eigenvalue weighted by atomic mass is 79.9. The Morgan fingerprint density at radius 1 is 1.03 bits per heavy atom. The molecule has 1 N–H and O–H groups in total. The Kier molecular flexibility index (Phi) is 5.61. The number of benzene rings is 3. The van der Waals surface area contributed by atoms with Crippen LogP contribution in [0, 0.1) is 5.82 Å². The third-order valence-electron chi connectivity index (χ3n) is 5.08. The minimum atomic E-state index is -0.934. The number of methoxy groups -OCH3 is 1. The van der Waals surface area contributed by atoms with Gasteiger partial charge in [-0.25, -0.2) is 4.39 Å². The van der Waals surface area contributed by atoms with Crippen LogP contribution in [-0.4, -0.2) is 23.9 Å². The summed E-state index contributed by atoms with van der Waals surface area (Å²) in [5.41, 5.74) is 1.23. The number of rotatable bonds is 4. The van der Waals surface area contributed by atoms with Gasteiger partial charge >= 0.3 is 0 Å². The average Bonchev–Trinajstić information content (AvgIpc) is 3.05. The maximum Gasteiger partial charge on any atom is 0.300 e. The van der Waals surface area contributed by atoms with Gasteiger partial charge in [0.2, 0.25) is 0 Å². The number of halogens is 2. The van der Waals surface area contributed by atoms with Gasteiger partial charge in [0.05, 0.1) is 18.7 Å². The highest BCUT2D eigenvalue weighted by Gasteiger charge is 2.47. The molecule has 1 atom stereocenters. The van der Waals surface area contributed by atoms with E-state index in [1.54, 1.807) is 48.5 Å². The van der Waals surface area contributed by atoms with Gasteiger partial charge in [0.1, 0.15) is 17.3 Å². The Balaban J connectivity index is 1.94. The number of ketones is 1. The Morgan fingerprint density at radius 2 is 1.71 bits per heavy atom. The van der Waals surface area contributed by atoms with Crippen molar-refractivity contribution in [2.24, 2.45) is 0 Å². The molecule has 0 saturated carbocycles. The van der Waals surface area contributed by atoms with Crippen molar-refractivity contribution < 1.29 is 23.8 Å². The summed E-state index contributed by atoms with van der Waals surface area (Å²) in [4.78, 5) is 27.4. The first kappa shape index (κ1) is 20.8. The number of nitrogens with zero attached hydrogens (tertiary/aromatic N) is 1. The second-order valence-corrected chi connectivity index (χ2v) is 7.84. The van der Waals surface area contributed by atoms with Gasteiger partial charge in [-0.1, -0.05) is 46.3 Å². The summed E-state index contributed by atoms with van der Waals surface area (Å²) in [6.45, 7) is 0. The number of aliphatic hydroxyl groups excluding tert-OH is 1. The first-order chi connectivity index (χ1) is 14.9. The number of hydrogen-bond acceptors (Lipinski definition) is 4. The molecule has 1 amide bonds. The fraction of sp³-hybridized carbons (Fsp3) is 0.0833. The third-order valence-corrected chi connectivity index (χ3v) is 5.61. The number of Topliss-reactive ketones (excluding diaryl/α,β-unsaturated/α-hetero) is 1. The molecule has 1 unspecified atom stereocenters. The second kappa shape index (κ2) is 8.35. The van der Waals surface area contributed by atoms with Crippen molar-refractivity contribution in [3.63, 3.8) is 0 Å². The minimum Gasteiger partial charge on any atom is -0.507 e. The zero-order chi connectivity index (χ0) is 22.1. The summed E-state index contributed by atoms with van der Waals surface area (Å²) < 4.78 is 19.6. The summed E-state index contributed by atoms with van der Waals surface area (Å²) in [5.74, 6) is -1.86. The fourth-order valence-corrected chi connectivity index (χ4v) is 3.85. The molecule has 5 nitrogen and oxygen atoms in total. The molecule has 0 aromatic heterocycles. The van der Waals surface area contributed by atoms with Gasteiger partial charge < -0.3 is 9.84 Å². The monoisotopic (exact) mass is 481 g/mol. The summed E-state index contributed by atoms with van der Waals surface area (Å²) in [5, 5.41) is 11.0. The molecule has 156 valence electrons. The Hall–Kier alpha value is -3.45. The van der Waals surface area contributed by atoms with E-state index in [1.807, 2.05) is 0 Å². The fourth-order valence-electron chi connectivity index (χ4n) is 3.58. The lowest BCUT2D eigenvalue weighted by Gasteiger charge is -2.25. The first-order valence-electron chi connectivity index (χ1n) is 9.37. The molecule has 1 saturated heterocycles. The van der Waals surface area contributed by atoms with Crippen molar-refractivity contribution >= 4 is 39.1 Å². The molecule has 1 fully saturated rings. The highest BCUT2D eigenvalue weighted by molar-refractivity contribution is 9.10. The molecular formula is C24H17BrFNO4. The van der Waals surface area contributed by atoms with Gasteiger partial charge in [-0.05, 0) is 42.0 Å². The average molecular weight is 482 g/mol. The van der Waals surface area contributed by atoms with Gasteiger partial charge in [0.15, 0.2) is 0 Å². The van der Waals surface area contributed by atoms with Crippen LogP contribution in [0.1, 0.15) is 17.2 Å². The van der Waals surface area contributed by atoms with E-state index >= 15 is 0 Å². The molecule has 0 spiro atoms. The summed E-state index contributed by atoms with van der Waals surface area (Å²) >= 11 is 3.33. The van der Waals surface area contributed by atoms with Gasteiger partial charge in [-0.2, -0.15) is 0 Å². The van der Waals surface area contributed by atoms with Crippen LogP contribution in [0.15, 0.2) is 82.8 Å². The summed E-state index contributed by atoms with van der Waals surface area (Å²) in [7, 11) is 1.50. The molecule has 31 heavy (non-hydrogen) atoms. The van der Waals surface area contributed by atoms with E-state index in [0.29, 0.717) is 22.6 Å². The molecule has 7 heteroatoms. The number of ether oxygens (including phenoxy) is 1. The predicted molar refractivity (Wildman–Crippen MR) is 118 cm³/mol.